The predicted octanol–water partition coefficient (Wildman–Crippen LogP) is 1.64. The van der Waals surface area contributed by atoms with Crippen molar-refractivity contribution >= 4 is 11.0 Å². The number of nitrogens with zero attached hydrogens (tertiary/aromatic N) is 2. The van der Waals surface area contributed by atoms with Crippen LogP contribution in [0.1, 0.15) is 11.1 Å². The van der Waals surface area contributed by atoms with Crippen LogP contribution in [0.3, 0.4) is 0 Å². The average molecular weight is 245 g/mol. The zero-order valence-corrected chi connectivity index (χ0v) is 10.9. The van der Waals surface area contributed by atoms with Gasteiger partial charge in [0, 0.05) is 13.1 Å². The summed E-state index contributed by atoms with van der Waals surface area (Å²) in [6.07, 6.45) is 2.17. The fourth-order valence-corrected chi connectivity index (χ4v) is 2.42. The molecule has 1 aliphatic rings. The lowest BCUT2D eigenvalue weighted by Crippen LogP contribution is -2.40. The van der Waals surface area contributed by atoms with E-state index >= 15 is 0 Å². The van der Waals surface area contributed by atoms with Crippen LogP contribution in [0.5, 0.6) is 0 Å². The largest absolute Gasteiger partial charge is 0.374 e. The van der Waals surface area contributed by atoms with Gasteiger partial charge in [0.1, 0.15) is 0 Å². The van der Waals surface area contributed by atoms with Crippen LogP contribution in [0.4, 0.5) is 0 Å². The van der Waals surface area contributed by atoms with Crippen LogP contribution in [-0.2, 0) is 11.3 Å². The van der Waals surface area contributed by atoms with Crippen molar-refractivity contribution in [1.29, 1.82) is 0 Å². The molecule has 96 valence electrons. The van der Waals surface area contributed by atoms with E-state index in [0.29, 0.717) is 0 Å². The van der Waals surface area contributed by atoms with Gasteiger partial charge in [0.15, 0.2) is 0 Å². The van der Waals surface area contributed by atoms with Crippen LogP contribution < -0.4 is 5.32 Å². The molecule has 0 bridgehead atoms. The zero-order valence-electron chi connectivity index (χ0n) is 10.9. The van der Waals surface area contributed by atoms with Crippen molar-refractivity contribution in [2.45, 2.75) is 26.5 Å². The van der Waals surface area contributed by atoms with E-state index in [1.165, 1.54) is 16.6 Å². The number of morpholine rings is 1. The van der Waals surface area contributed by atoms with Crippen LogP contribution in [-0.4, -0.2) is 35.4 Å². The average Bonchev–Trinajstić information content (AvgIpc) is 2.74. The SMILES string of the molecule is Cc1cc2ncn(CC3CNCCO3)c2cc1C. The monoisotopic (exact) mass is 245 g/mol. The van der Waals surface area contributed by atoms with Crippen LogP contribution in [0, 0.1) is 13.8 Å². The highest BCUT2D eigenvalue weighted by Gasteiger charge is 2.15. The first-order valence-electron chi connectivity index (χ1n) is 6.48. The summed E-state index contributed by atoms with van der Waals surface area (Å²) >= 11 is 0. The molecule has 1 unspecified atom stereocenters. The Morgan fingerprint density at radius 3 is 3.00 bits per heavy atom. The Balaban J connectivity index is 1.89. The number of hydrogen-bond acceptors (Lipinski definition) is 3. The van der Waals surface area contributed by atoms with Gasteiger partial charge in [-0.25, -0.2) is 4.98 Å². The number of benzene rings is 1. The molecular weight excluding hydrogens is 226 g/mol. The molecule has 2 aromatic rings. The Hall–Kier alpha value is -1.39. The smallest absolute Gasteiger partial charge is 0.0959 e. The minimum atomic E-state index is 0.248. The number of nitrogens with one attached hydrogen (secondary N) is 1. The van der Waals surface area contributed by atoms with Crippen molar-refractivity contribution in [3.8, 4) is 0 Å². The summed E-state index contributed by atoms with van der Waals surface area (Å²) in [6, 6.07) is 4.37. The summed E-state index contributed by atoms with van der Waals surface area (Å²) in [4.78, 5) is 4.47. The Morgan fingerprint density at radius 2 is 2.22 bits per heavy atom. The number of aryl methyl sites for hydroxylation is 2. The number of aromatic nitrogens is 2. The standard InChI is InChI=1S/C14H19N3O/c1-10-5-13-14(6-11(10)2)17(9-16-13)8-12-7-15-3-4-18-12/h5-6,9,12,15H,3-4,7-8H2,1-2H3. The van der Waals surface area contributed by atoms with E-state index in [2.05, 4.69) is 40.8 Å². The minimum Gasteiger partial charge on any atom is -0.374 e. The van der Waals surface area contributed by atoms with E-state index in [1.54, 1.807) is 0 Å². The molecule has 3 rings (SSSR count). The lowest BCUT2D eigenvalue weighted by Gasteiger charge is -2.24. The first kappa shape index (κ1) is 11.7. The number of ether oxygens (including phenoxy) is 1. The fourth-order valence-electron chi connectivity index (χ4n) is 2.42. The molecule has 1 N–H and O–H groups in total. The van der Waals surface area contributed by atoms with Gasteiger partial charge < -0.3 is 14.6 Å². The van der Waals surface area contributed by atoms with Gasteiger partial charge in [-0.1, -0.05) is 0 Å². The van der Waals surface area contributed by atoms with Crippen LogP contribution in [0.25, 0.3) is 11.0 Å². The lowest BCUT2D eigenvalue weighted by molar-refractivity contribution is 0.0188. The molecule has 0 amide bonds. The molecule has 1 aromatic heterocycles. The van der Waals surface area contributed by atoms with Gasteiger partial charge in [0.25, 0.3) is 0 Å². The summed E-state index contributed by atoms with van der Waals surface area (Å²) in [7, 11) is 0. The van der Waals surface area contributed by atoms with Crippen LogP contribution in [0.2, 0.25) is 0 Å². The van der Waals surface area contributed by atoms with Crippen LogP contribution >= 0.6 is 0 Å². The maximum atomic E-state index is 5.74. The molecule has 1 atom stereocenters. The normalized spacial score (nSPS) is 20.4. The van der Waals surface area contributed by atoms with Gasteiger partial charge in [-0.15, -0.1) is 0 Å². The van der Waals surface area contributed by atoms with Gasteiger partial charge in [0.05, 0.1) is 36.6 Å². The van der Waals surface area contributed by atoms with Crippen molar-refractivity contribution in [1.82, 2.24) is 14.9 Å². The third-order valence-corrected chi connectivity index (χ3v) is 3.64. The summed E-state index contributed by atoms with van der Waals surface area (Å²) in [6.45, 7) is 7.82. The molecule has 4 nitrogen and oxygen atoms in total. The molecule has 1 aromatic carbocycles. The van der Waals surface area contributed by atoms with Gasteiger partial charge in [-0.3, -0.25) is 0 Å². The van der Waals surface area contributed by atoms with Crippen molar-refractivity contribution in [3.63, 3.8) is 0 Å². The summed E-state index contributed by atoms with van der Waals surface area (Å²) in [5.41, 5.74) is 4.88. The van der Waals surface area contributed by atoms with E-state index < -0.39 is 0 Å². The van der Waals surface area contributed by atoms with Crippen molar-refractivity contribution in [2.24, 2.45) is 0 Å². The molecule has 0 saturated carbocycles. The second-order valence-electron chi connectivity index (χ2n) is 5.02. The van der Waals surface area contributed by atoms with Gasteiger partial charge in [-0.05, 0) is 37.1 Å². The maximum absolute atomic E-state index is 5.74. The Labute approximate surface area is 107 Å². The van der Waals surface area contributed by atoms with Crippen molar-refractivity contribution in [3.05, 3.63) is 29.6 Å². The third kappa shape index (κ3) is 2.13. The maximum Gasteiger partial charge on any atom is 0.0959 e. The molecule has 2 heterocycles. The number of rotatable bonds is 2. The molecule has 1 saturated heterocycles. The first-order valence-corrected chi connectivity index (χ1v) is 6.48. The zero-order chi connectivity index (χ0) is 12.5. The summed E-state index contributed by atoms with van der Waals surface area (Å²) < 4.78 is 7.94. The highest BCUT2D eigenvalue weighted by Crippen LogP contribution is 2.19. The van der Waals surface area contributed by atoms with E-state index in [-0.39, 0.29) is 6.10 Å². The van der Waals surface area contributed by atoms with E-state index in [4.69, 9.17) is 4.74 Å². The fraction of sp³-hybridized carbons (Fsp3) is 0.500. The van der Waals surface area contributed by atoms with Crippen LogP contribution in [0.15, 0.2) is 18.5 Å². The second-order valence-corrected chi connectivity index (χ2v) is 5.02. The minimum absolute atomic E-state index is 0.248. The topological polar surface area (TPSA) is 39.1 Å². The van der Waals surface area contributed by atoms with E-state index in [1.807, 2.05) is 6.33 Å². The summed E-state index contributed by atoms with van der Waals surface area (Å²) in [5, 5.41) is 3.36. The molecule has 18 heavy (non-hydrogen) atoms. The van der Waals surface area contributed by atoms with Gasteiger partial charge in [-0.2, -0.15) is 0 Å². The van der Waals surface area contributed by atoms with Gasteiger partial charge >= 0.3 is 0 Å². The van der Waals surface area contributed by atoms with E-state index in [9.17, 15) is 0 Å². The molecule has 0 radical (unpaired) electrons. The molecule has 0 aliphatic carbocycles. The van der Waals surface area contributed by atoms with E-state index in [0.717, 1.165) is 31.8 Å². The van der Waals surface area contributed by atoms with Crippen molar-refractivity contribution < 1.29 is 4.74 Å². The second kappa shape index (κ2) is 4.71. The molecular formula is C14H19N3O. The van der Waals surface area contributed by atoms with Gasteiger partial charge in [0.2, 0.25) is 0 Å². The molecule has 4 heteroatoms. The lowest BCUT2D eigenvalue weighted by atomic mass is 10.1. The number of imidazole rings is 1. The third-order valence-electron chi connectivity index (χ3n) is 3.64. The quantitative estimate of drug-likeness (QED) is 0.874. The highest BCUT2D eigenvalue weighted by molar-refractivity contribution is 5.77. The first-order chi connectivity index (χ1) is 8.74. The Kier molecular flexibility index (Phi) is 3.06. The Bertz CT molecular complexity index is 555. The molecule has 0 spiro atoms. The highest BCUT2D eigenvalue weighted by atomic mass is 16.5. The Morgan fingerprint density at radius 1 is 1.39 bits per heavy atom. The number of hydrogen-bond donors (Lipinski definition) is 1. The number of fused-ring (bicyclic) bond motifs is 1. The predicted molar refractivity (Wildman–Crippen MR) is 71.8 cm³/mol. The molecule has 1 aliphatic heterocycles. The summed E-state index contributed by atoms with van der Waals surface area (Å²) in [5.74, 6) is 0. The molecule has 1 fully saturated rings. The van der Waals surface area contributed by atoms with Crippen molar-refractivity contribution in [2.75, 3.05) is 19.7 Å².